The highest BCUT2D eigenvalue weighted by Crippen LogP contribution is 2.46. The molecule has 1 fully saturated rings. The zero-order chi connectivity index (χ0) is 19.0. The summed E-state index contributed by atoms with van der Waals surface area (Å²) in [7, 11) is 4.41. The number of ether oxygens (including phenoxy) is 3. The number of carbonyl (C=O) groups excluding carboxylic acids is 2. The van der Waals surface area contributed by atoms with Gasteiger partial charge < -0.3 is 14.2 Å². The minimum absolute atomic E-state index is 0.113. The van der Waals surface area contributed by atoms with Crippen molar-refractivity contribution in [3.63, 3.8) is 0 Å². The van der Waals surface area contributed by atoms with E-state index in [1.165, 1.54) is 18.9 Å². The normalized spacial score (nSPS) is 22.1. The van der Waals surface area contributed by atoms with Crippen molar-refractivity contribution < 1.29 is 23.8 Å². The number of amidine groups is 1. The molecular formula is C18H20N2O5S. The second kappa shape index (κ2) is 7.03. The SMILES string of the molecule is COC(=O)C1=C(C)N=C2SC(C)C(=O)N2C1c1cc(OC)ccc1OC. The quantitative estimate of drug-likeness (QED) is 0.752. The molecular weight excluding hydrogens is 356 g/mol. The lowest BCUT2D eigenvalue weighted by molar-refractivity contribution is -0.137. The van der Waals surface area contributed by atoms with Gasteiger partial charge in [-0.25, -0.2) is 9.79 Å². The Morgan fingerprint density at radius 3 is 2.58 bits per heavy atom. The van der Waals surface area contributed by atoms with Crippen molar-refractivity contribution in [3.8, 4) is 11.5 Å². The highest BCUT2D eigenvalue weighted by molar-refractivity contribution is 8.15. The summed E-state index contributed by atoms with van der Waals surface area (Å²) in [6.45, 7) is 3.56. The molecule has 0 N–H and O–H groups in total. The monoisotopic (exact) mass is 376 g/mol. The number of esters is 1. The molecule has 0 aromatic heterocycles. The van der Waals surface area contributed by atoms with E-state index in [1.54, 1.807) is 44.2 Å². The Labute approximate surface area is 156 Å². The molecule has 7 nitrogen and oxygen atoms in total. The molecule has 0 spiro atoms. The van der Waals surface area contributed by atoms with Crippen LogP contribution < -0.4 is 9.47 Å². The number of thioether (sulfide) groups is 1. The minimum atomic E-state index is -0.690. The fourth-order valence-corrected chi connectivity index (χ4v) is 4.15. The lowest BCUT2D eigenvalue weighted by atomic mass is 9.93. The molecule has 138 valence electrons. The molecule has 0 aliphatic carbocycles. The minimum Gasteiger partial charge on any atom is -0.497 e. The molecule has 0 bridgehead atoms. The van der Waals surface area contributed by atoms with Crippen molar-refractivity contribution >= 4 is 28.8 Å². The van der Waals surface area contributed by atoms with Gasteiger partial charge in [0.2, 0.25) is 5.91 Å². The summed E-state index contributed by atoms with van der Waals surface area (Å²) in [5, 5.41) is 0.292. The van der Waals surface area contributed by atoms with Crippen LogP contribution in [-0.4, -0.2) is 48.5 Å². The average Bonchev–Trinajstić information content (AvgIpc) is 2.92. The maximum absolute atomic E-state index is 12.8. The summed E-state index contributed by atoms with van der Waals surface area (Å²) in [5.41, 5.74) is 1.47. The number of carbonyl (C=O) groups is 2. The Morgan fingerprint density at radius 2 is 1.96 bits per heavy atom. The molecule has 2 unspecified atom stereocenters. The first kappa shape index (κ1) is 18.3. The van der Waals surface area contributed by atoms with Crippen molar-refractivity contribution in [2.75, 3.05) is 21.3 Å². The van der Waals surface area contributed by atoms with Crippen LogP contribution >= 0.6 is 11.8 Å². The van der Waals surface area contributed by atoms with Crippen LogP contribution in [0.25, 0.3) is 0 Å². The van der Waals surface area contributed by atoms with Crippen molar-refractivity contribution in [1.29, 1.82) is 0 Å². The van der Waals surface area contributed by atoms with Gasteiger partial charge in [0.15, 0.2) is 5.17 Å². The van der Waals surface area contributed by atoms with E-state index in [0.29, 0.717) is 33.5 Å². The van der Waals surface area contributed by atoms with Gasteiger partial charge in [-0.2, -0.15) is 0 Å². The maximum Gasteiger partial charge on any atom is 0.338 e. The first-order valence-electron chi connectivity index (χ1n) is 8.02. The fraction of sp³-hybridized carbons (Fsp3) is 0.389. The Balaban J connectivity index is 2.25. The van der Waals surface area contributed by atoms with Crippen LogP contribution in [0.4, 0.5) is 0 Å². The largest absolute Gasteiger partial charge is 0.497 e. The number of hydrogen-bond acceptors (Lipinski definition) is 7. The van der Waals surface area contributed by atoms with Gasteiger partial charge in [0.1, 0.15) is 17.5 Å². The summed E-state index contributed by atoms with van der Waals surface area (Å²) < 4.78 is 15.8. The second-order valence-electron chi connectivity index (χ2n) is 5.86. The van der Waals surface area contributed by atoms with Crippen LogP contribution in [-0.2, 0) is 14.3 Å². The van der Waals surface area contributed by atoms with Crippen molar-refractivity contribution in [2.45, 2.75) is 25.1 Å². The molecule has 1 amide bonds. The smallest absolute Gasteiger partial charge is 0.338 e. The lowest BCUT2D eigenvalue weighted by Crippen LogP contribution is -2.40. The van der Waals surface area contributed by atoms with Gasteiger partial charge in [-0.1, -0.05) is 11.8 Å². The van der Waals surface area contributed by atoms with Crippen LogP contribution in [0.15, 0.2) is 34.5 Å². The number of nitrogens with zero attached hydrogens (tertiary/aromatic N) is 2. The number of hydrogen-bond donors (Lipinski definition) is 0. The molecule has 2 aliphatic rings. The van der Waals surface area contributed by atoms with E-state index in [0.717, 1.165) is 0 Å². The van der Waals surface area contributed by atoms with Gasteiger partial charge >= 0.3 is 5.97 Å². The van der Waals surface area contributed by atoms with Crippen molar-refractivity contribution in [1.82, 2.24) is 4.90 Å². The molecule has 1 aromatic carbocycles. The van der Waals surface area contributed by atoms with E-state index in [2.05, 4.69) is 4.99 Å². The van der Waals surface area contributed by atoms with Crippen molar-refractivity contribution in [2.24, 2.45) is 4.99 Å². The molecule has 0 radical (unpaired) electrons. The van der Waals surface area contributed by atoms with Gasteiger partial charge in [-0.15, -0.1) is 0 Å². The number of methoxy groups -OCH3 is 3. The number of allylic oxidation sites excluding steroid dienone is 1. The fourth-order valence-electron chi connectivity index (χ4n) is 3.12. The van der Waals surface area contributed by atoms with Crippen LogP contribution in [0, 0.1) is 0 Å². The first-order chi connectivity index (χ1) is 12.4. The second-order valence-corrected chi connectivity index (χ2v) is 7.17. The van der Waals surface area contributed by atoms with Crippen LogP contribution in [0.5, 0.6) is 11.5 Å². The standard InChI is InChI=1S/C18H20N2O5S/c1-9-14(17(22)25-5)15(20-16(21)10(2)26-18(20)19-9)12-8-11(23-3)6-7-13(12)24-4/h6-8,10,15H,1-5H3. The summed E-state index contributed by atoms with van der Waals surface area (Å²) in [5.74, 6) is 0.498. The Hall–Kier alpha value is -2.48. The molecule has 8 heteroatoms. The molecule has 2 aliphatic heterocycles. The topological polar surface area (TPSA) is 77.4 Å². The zero-order valence-corrected chi connectivity index (χ0v) is 16.0. The number of rotatable bonds is 4. The molecule has 2 atom stereocenters. The number of aliphatic imine (C=N–C) groups is 1. The highest BCUT2D eigenvalue weighted by atomic mass is 32.2. The molecule has 1 saturated heterocycles. The van der Waals surface area contributed by atoms with Crippen LogP contribution in [0.1, 0.15) is 25.5 Å². The van der Waals surface area contributed by atoms with Gasteiger partial charge in [-0.3, -0.25) is 9.69 Å². The van der Waals surface area contributed by atoms with E-state index in [-0.39, 0.29) is 11.2 Å². The predicted octanol–water partition coefficient (Wildman–Crippen LogP) is 2.53. The highest BCUT2D eigenvalue weighted by Gasteiger charge is 2.47. The van der Waals surface area contributed by atoms with Gasteiger partial charge in [0.25, 0.3) is 0 Å². The van der Waals surface area contributed by atoms with Gasteiger partial charge in [0, 0.05) is 5.56 Å². The summed E-state index contributed by atoms with van der Waals surface area (Å²) >= 11 is 1.37. The summed E-state index contributed by atoms with van der Waals surface area (Å²) in [6, 6.07) is 4.59. The average molecular weight is 376 g/mol. The molecule has 26 heavy (non-hydrogen) atoms. The predicted molar refractivity (Wildman–Crippen MR) is 98.3 cm³/mol. The molecule has 1 aromatic rings. The maximum atomic E-state index is 12.8. The Kier molecular flexibility index (Phi) is 4.95. The van der Waals surface area contributed by atoms with Crippen molar-refractivity contribution in [3.05, 3.63) is 35.0 Å². The van der Waals surface area contributed by atoms with Crippen LogP contribution in [0.2, 0.25) is 0 Å². The molecule has 2 heterocycles. The third-order valence-corrected chi connectivity index (χ3v) is 5.45. The van der Waals surface area contributed by atoms with Gasteiger partial charge in [-0.05, 0) is 32.0 Å². The molecule has 0 saturated carbocycles. The van der Waals surface area contributed by atoms with Gasteiger partial charge in [0.05, 0.1) is 37.8 Å². The molecule has 3 rings (SSSR count). The third-order valence-electron chi connectivity index (χ3n) is 4.40. The third kappa shape index (κ3) is 2.84. The van der Waals surface area contributed by atoms with E-state index in [1.807, 2.05) is 6.92 Å². The number of benzene rings is 1. The summed E-state index contributed by atoms with van der Waals surface area (Å²) in [6.07, 6.45) is 0. The lowest BCUT2D eigenvalue weighted by Gasteiger charge is -2.33. The van der Waals surface area contributed by atoms with Crippen LogP contribution in [0.3, 0.4) is 0 Å². The van der Waals surface area contributed by atoms with E-state index >= 15 is 0 Å². The number of amides is 1. The Morgan fingerprint density at radius 1 is 1.23 bits per heavy atom. The van der Waals surface area contributed by atoms with E-state index < -0.39 is 12.0 Å². The summed E-state index contributed by atoms with van der Waals surface area (Å²) in [4.78, 5) is 31.4. The van der Waals surface area contributed by atoms with E-state index in [9.17, 15) is 9.59 Å². The Bertz CT molecular complexity index is 833. The van der Waals surface area contributed by atoms with E-state index in [4.69, 9.17) is 14.2 Å². The number of fused-ring (bicyclic) bond motifs is 1. The first-order valence-corrected chi connectivity index (χ1v) is 8.90. The zero-order valence-electron chi connectivity index (χ0n) is 15.2.